The summed E-state index contributed by atoms with van der Waals surface area (Å²) in [5.74, 6) is 1.30. The van der Waals surface area contributed by atoms with E-state index in [4.69, 9.17) is 9.47 Å². The van der Waals surface area contributed by atoms with Crippen molar-refractivity contribution >= 4 is 38.7 Å². The summed E-state index contributed by atoms with van der Waals surface area (Å²) in [5.41, 5.74) is 3.54. The van der Waals surface area contributed by atoms with Gasteiger partial charge in [-0.15, -0.1) is 0 Å². The average molecular weight is 544 g/mol. The molecule has 4 rings (SSSR count). The molecule has 180 valence electrons. The first-order valence-corrected chi connectivity index (χ1v) is 11.5. The molecule has 0 fully saturated rings. The van der Waals surface area contributed by atoms with Crippen molar-refractivity contribution in [2.24, 2.45) is 5.10 Å². The number of hydrogen-bond acceptors (Lipinski definition) is 5. The van der Waals surface area contributed by atoms with Crippen molar-refractivity contribution in [1.82, 2.24) is 4.98 Å². The van der Waals surface area contributed by atoms with E-state index in [1.54, 1.807) is 12.1 Å². The minimum absolute atomic E-state index is 0.186. The van der Waals surface area contributed by atoms with Crippen molar-refractivity contribution in [2.75, 3.05) is 12.0 Å². The number of ether oxygens (including phenoxy) is 2. The predicted octanol–water partition coefficient (Wildman–Crippen LogP) is 7.44. The van der Waals surface area contributed by atoms with Crippen LogP contribution in [-0.4, -0.2) is 17.8 Å². The zero-order chi connectivity index (χ0) is 24.8. The molecule has 5 nitrogen and oxygen atoms in total. The van der Waals surface area contributed by atoms with E-state index in [9.17, 15) is 13.2 Å². The van der Waals surface area contributed by atoms with Crippen molar-refractivity contribution in [2.45, 2.75) is 19.7 Å². The van der Waals surface area contributed by atoms with Crippen LogP contribution in [0, 0.1) is 0 Å². The maximum Gasteiger partial charge on any atom is 0.417 e. The number of anilines is 1. The highest BCUT2D eigenvalue weighted by Crippen LogP contribution is 2.34. The second kappa shape index (κ2) is 10.8. The van der Waals surface area contributed by atoms with Gasteiger partial charge in [0, 0.05) is 16.2 Å². The number of alkyl halides is 3. The van der Waals surface area contributed by atoms with Gasteiger partial charge in [0.05, 0.1) is 18.4 Å². The van der Waals surface area contributed by atoms with E-state index in [0.717, 1.165) is 28.6 Å². The monoisotopic (exact) mass is 543 g/mol. The summed E-state index contributed by atoms with van der Waals surface area (Å²) >= 11 is 3.52. The number of halogens is 4. The lowest BCUT2D eigenvalue weighted by atomic mass is 10.1. The summed E-state index contributed by atoms with van der Waals surface area (Å²) < 4.78 is 50.6. The van der Waals surface area contributed by atoms with Crippen LogP contribution in [0.5, 0.6) is 11.5 Å². The fourth-order valence-electron chi connectivity index (χ4n) is 3.40. The number of nitrogens with zero attached hydrogens (tertiary/aromatic N) is 2. The summed E-state index contributed by atoms with van der Waals surface area (Å²) in [6, 6.07) is 19.9. The molecule has 4 aromatic rings. The molecule has 0 radical (unpaired) electrons. The van der Waals surface area contributed by atoms with Crippen molar-refractivity contribution < 1.29 is 22.6 Å². The Labute approximate surface area is 208 Å². The molecule has 0 saturated heterocycles. The van der Waals surface area contributed by atoms with Crippen LogP contribution < -0.4 is 14.9 Å². The molecular weight excluding hydrogens is 523 g/mol. The second-order valence-electron chi connectivity index (χ2n) is 7.48. The number of benzene rings is 3. The maximum atomic E-state index is 12.7. The van der Waals surface area contributed by atoms with Crippen LogP contribution in [0.1, 0.15) is 23.6 Å². The fourth-order valence-corrected chi connectivity index (χ4v) is 3.83. The fraction of sp³-hybridized carbons (Fsp3) is 0.154. The van der Waals surface area contributed by atoms with Gasteiger partial charge in [-0.25, -0.2) is 4.98 Å². The number of nitrogens with one attached hydrogen (secondary N) is 1. The van der Waals surface area contributed by atoms with Gasteiger partial charge >= 0.3 is 6.18 Å². The smallest absolute Gasteiger partial charge is 0.417 e. The summed E-state index contributed by atoms with van der Waals surface area (Å²) in [6.07, 6.45) is -2.17. The zero-order valence-electron chi connectivity index (χ0n) is 18.6. The Kier molecular flexibility index (Phi) is 7.55. The molecule has 1 N–H and O–H groups in total. The van der Waals surface area contributed by atoms with Gasteiger partial charge in [-0.1, -0.05) is 42.5 Å². The van der Waals surface area contributed by atoms with E-state index in [0.29, 0.717) is 34.7 Å². The van der Waals surface area contributed by atoms with Crippen LogP contribution in [0.15, 0.2) is 82.5 Å². The summed E-state index contributed by atoms with van der Waals surface area (Å²) in [6.45, 7) is 2.68. The van der Waals surface area contributed by atoms with Crippen LogP contribution in [-0.2, 0) is 12.8 Å². The molecule has 0 aliphatic carbocycles. The molecule has 3 aromatic carbocycles. The number of rotatable bonds is 8. The first-order valence-electron chi connectivity index (χ1n) is 10.7. The van der Waals surface area contributed by atoms with Crippen LogP contribution >= 0.6 is 15.9 Å². The van der Waals surface area contributed by atoms with Crippen LogP contribution in [0.3, 0.4) is 0 Å². The van der Waals surface area contributed by atoms with Crippen molar-refractivity contribution in [3.05, 3.63) is 94.1 Å². The Morgan fingerprint density at radius 3 is 2.51 bits per heavy atom. The minimum atomic E-state index is -4.44. The number of pyridine rings is 1. The first-order chi connectivity index (χ1) is 16.8. The Morgan fingerprint density at radius 1 is 1.00 bits per heavy atom. The third-order valence-corrected chi connectivity index (χ3v) is 5.79. The molecule has 0 aliphatic rings. The molecule has 1 aromatic heterocycles. The minimum Gasteiger partial charge on any atom is -0.490 e. The van der Waals surface area contributed by atoms with Gasteiger partial charge in [0.2, 0.25) is 0 Å². The lowest BCUT2D eigenvalue weighted by Crippen LogP contribution is -2.05. The summed E-state index contributed by atoms with van der Waals surface area (Å²) in [7, 11) is 0. The topological polar surface area (TPSA) is 55.7 Å². The van der Waals surface area contributed by atoms with Gasteiger partial charge in [-0.3, -0.25) is 5.43 Å². The van der Waals surface area contributed by atoms with Gasteiger partial charge in [0.1, 0.15) is 12.4 Å². The molecule has 1 heterocycles. The lowest BCUT2D eigenvalue weighted by Gasteiger charge is -2.15. The Balaban J connectivity index is 1.49. The molecular formula is C26H21BrF3N3O2. The number of aromatic nitrogens is 1. The Hall–Kier alpha value is -3.59. The van der Waals surface area contributed by atoms with Crippen molar-refractivity contribution in [3.8, 4) is 11.5 Å². The molecule has 0 amide bonds. The van der Waals surface area contributed by atoms with Gasteiger partial charge in [0.25, 0.3) is 0 Å². The quantitative estimate of drug-likeness (QED) is 0.185. The van der Waals surface area contributed by atoms with E-state index in [2.05, 4.69) is 49.6 Å². The van der Waals surface area contributed by atoms with E-state index >= 15 is 0 Å². The molecule has 0 aliphatic heterocycles. The number of hydrogen-bond donors (Lipinski definition) is 1. The normalized spacial score (nSPS) is 11.7. The molecule has 0 saturated carbocycles. The third kappa shape index (κ3) is 6.10. The first kappa shape index (κ1) is 24.5. The molecule has 0 bridgehead atoms. The van der Waals surface area contributed by atoms with E-state index in [1.165, 1.54) is 12.3 Å². The van der Waals surface area contributed by atoms with Crippen LogP contribution in [0.25, 0.3) is 10.8 Å². The van der Waals surface area contributed by atoms with Gasteiger partial charge in [-0.2, -0.15) is 18.3 Å². The average Bonchev–Trinajstić information content (AvgIpc) is 2.84. The maximum absolute atomic E-state index is 12.7. The standard InChI is InChI=1S/C26H21BrF3N3O2/c1-2-34-23-12-19(14-32-33-25-11-10-20(15-31-25)26(28,29)30)22(27)13-24(23)35-16-18-8-5-7-17-6-3-4-9-21(17)18/h3-15H,2,16H2,1H3,(H,31,33)/b32-14-. The summed E-state index contributed by atoms with van der Waals surface area (Å²) in [5, 5.41) is 6.34. The SMILES string of the molecule is CCOc1cc(/C=N\Nc2ccc(C(F)(F)F)cn2)c(Br)cc1OCc1cccc2ccccc12. The zero-order valence-corrected chi connectivity index (χ0v) is 20.2. The Bertz CT molecular complexity index is 1340. The van der Waals surface area contributed by atoms with E-state index in [1.807, 2.05) is 31.2 Å². The number of hydrazone groups is 1. The highest BCUT2D eigenvalue weighted by molar-refractivity contribution is 9.10. The van der Waals surface area contributed by atoms with E-state index < -0.39 is 11.7 Å². The van der Waals surface area contributed by atoms with Crippen LogP contribution in [0.2, 0.25) is 0 Å². The third-order valence-electron chi connectivity index (χ3n) is 5.10. The van der Waals surface area contributed by atoms with Gasteiger partial charge in [0.15, 0.2) is 11.5 Å². The van der Waals surface area contributed by atoms with Gasteiger partial charge in [-0.05, 0) is 63.5 Å². The van der Waals surface area contributed by atoms with Crippen molar-refractivity contribution in [3.63, 3.8) is 0 Å². The van der Waals surface area contributed by atoms with Gasteiger partial charge < -0.3 is 9.47 Å². The second-order valence-corrected chi connectivity index (χ2v) is 8.33. The van der Waals surface area contributed by atoms with Crippen LogP contribution in [0.4, 0.5) is 19.0 Å². The molecule has 0 spiro atoms. The number of fused-ring (bicyclic) bond motifs is 1. The predicted molar refractivity (Wildman–Crippen MR) is 134 cm³/mol. The Morgan fingerprint density at radius 2 is 1.77 bits per heavy atom. The summed E-state index contributed by atoms with van der Waals surface area (Å²) in [4.78, 5) is 3.73. The van der Waals surface area contributed by atoms with Crippen molar-refractivity contribution in [1.29, 1.82) is 0 Å². The van der Waals surface area contributed by atoms with E-state index in [-0.39, 0.29) is 5.82 Å². The molecule has 35 heavy (non-hydrogen) atoms. The highest BCUT2D eigenvalue weighted by atomic mass is 79.9. The lowest BCUT2D eigenvalue weighted by molar-refractivity contribution is -0.137. The molecule has 0 unspecified atom stereocenters. The largest absolute Gasteiger partial charge is 0.490 e. The highest BCUT2D eigenvalue weighted by Gasteiger charge is 2.30. The molecule has 9 heteroatoms. The molecule has 0 atom stereocenters.